The van der Waals surface area contributed by atoms with Crippen LogP contribution < -0.4 is 0 Å². The van der Waals surface area contributed by atoms with E-state index >= 15 is 0 Å². The van der Waals surface area contributed by atoms with Gasteiger partial charge >= 0.3 is 97.2 Å². The molecule has 0 aromatic carbocycles. The molecule has 0 spiro atoms. The van der Waals surface area contributed by atoms with Gasteiger partial charge in [-0.05, 0) is 0 Å². The van der Waals surface area contributed by atoms with Crippen LogP contribution in [0.3, 0.4) is 0 Å². The van der Waals surface area contributed by atoms with E-state index in [0.29, 0.717) is 0 Å². The van der Waals surface area contributed by atoms with Gasteiger partial charge < -0.3 is 0 Å². The van der Waals surface area contributed by atoms with E-state index in [0.717, 1.165) is 0 Å². The van der Waals surface area contributed by atoms with Crippen LogP contribution in [0.2, 0.25) is 0 Å². The minimum absolute atomic E-state index is 2.31. The fraction of sp³-hybridized carbons (Fsp3) is 1.00. The molecule has 0 saturated carbocycles. The Balaban J connectivity index is 5.14. The molecule has 0 aliphatic rings. The van der Waals surface area contributed by atoms with Crippen molar-refractivity contribution < 1.29 is 0 Å². The van der Waals surface area contributed by atoms with E-state index in [1.165, 1.54) is 0 Å². The van der Waals surface area contributed by atoms with Gasteiger partial charge in [-0.1, -0.05) is 0 Å². The third-order valence-electron chi connectivity index (χ3n) is 0.479. The Morgan fingerprint density at radius 3 is 0.800 bits per heavy atom. The van der Waals surface area contributed by atoms with Crippen LogP contribution in [0.4, 0.5) is 0 Å². The Labute approximate surface area is 96.4 Å². The monoisotopic (exact) mass is 323 g/mol. The number of halogens is 8. The molecule has 0 bridgehead atoms. The fourth-order valence-electron chi connectivity index (χ4n) is 0. The van der Waals surface area contributed by atoms with Crippen LogP contribution in [0, 0.1) is 0 Å². The SMILES string of the molecule is ClC(Cl)(Cl)[P-](Cl)(Cl)(Cl)(Cl)Cl. The molecule has 0 aromatic heterocycles. The van der Waals surface area contributed by atoms with Crippen molar-refractivity contribution >= 4 is 93.7 Å². The van der Waals surface area contributed by atoms with Crippen molar-refractivity contribution in [2.75, 3.05) is 0 Å². The standard InChI is InChI=1S/CCl8P/c2-1(3,4)10(5,6,7,8)9/q-1. The van der Waals surface area contributed by atoms with Crippen LogP contribution in [0.5, 0.6) is 0 Å². The zero-order valence-electron chi connectivity index (χ0n) is 3.97. The van der Waals surface area contributed by atoms with E-state index in [2.05, 4.69) is 0 Å². The number of rotatable bonds is 0. The van der Waals surface area contributed by atoms with Crippen molar-refractivity contribution in [1.82, 2.24) is 0 Å². The number of alkyl halides is 3. The normalized spacial score (nSPS) is 21.6. The minimum atomic E-state index is -5.30. The van der Waals surface area contributed by atoms with Gasteiger partial charge in [0.1, 0.15) is 0 Å². The predicted octanol–water partition coefficient (Wildman–Crippen LogP) is 6.17. The summed E-state index contributed by atoms with van der Waals surface area (Å²) in [6.07, 6.45) is 0. The Bertz CT molecular complexity index is 139. The summed E-state index contributed by atoms with van der Waals surface area (Å²) in [5, 5.41) is 0. The average Bonchev–Trinajstić information content (AvgIpc) is 1.16. The molecular weight excluding hydrogens is 327 g/mol. The predicted molar refractivity (Wildman–Crippen MR) is 56.5 cm³/mol. The maximum absolute atomic E-state index is 5.32. The molecule has 0 saturated heterocycles. The van der Waals surface area contributed by atoms with Crippen LogP contribution >= 0.6 is 93.7 Å². The summed E-state index contributed by atoms with van der Waals surface area (Å²) in [7, 11) is 0. The van der Waals surface area contributed by atoms with Gasteiger partial charge in [-0.25, -0.2) is 0 Å². The second kappa shape index (κ2) is 2.41. The zero-order valence-corrected chi connectivity index (χ0v) is 10.9. The average molecular weight is 327 g/mol. The molecule has 10 heavy (non-hydrogen) atoms. The first-order chi connectivity index (χ1) is 3.75. The summed E-state index contributed by atoms with van der Waals surface area (Å²) in [4.78, 5) is 0. The van der Waals surface area contributed by atoms with Gasteiger partial charge in [-0.2, -0.15) is 0 Å². The van der Waals surface area contributed by atoms with Gasteiger partial charge in [-0.15, -0.1) is 0 Å². The van der Waals surface area contributed by atoms with Crippen molar-refractivity contribution in [2.24, 2.45) is 0 Å². The van der Waals surface area contributed by atoms with Crippen molar-refractivity contribution in [3.05, 3.63) is 0 Å². The van der Waals surface area contributed by atoms with Gasteiger partial charge in [0.05, 0.1) is 0 Å². The number of hydrogen-bond donors (Lipinski definition) is 0. The van der Waals surface area contributed by atoms with E-state index in [9.17, 15) is 0 Å². The molecule has 66 valence electrons. The molecule has 9 heteroatoms. The summed E-state index contributed by atoms with van der Waals surface area (Å²) >= 11 is 42.3. The molecule has 0 rings (SSSR count). The molecule has 0 heterocycles. The van der Waals surface area contributed by atoms with Gasteiger partial charge in [0.2, 0.25) is 0 Å². The van der Waals surface area contributed by atoms with E-state index in [-0.39, 0.29) is 0 Å². The summed E-state index contributed by atoms with van der Waals surface area (Å²) in [5.74, 6) is 0. The van der Waals surface area contributed by atoms with Crippen molar-refractivity contribution in [3.63, 3.8) is 0 Å². The molecule has 0 atom stereocenters. The van der Waals surface area contributed by atoms with E-state index < -0.39 is 6.24 Å². The van der Waals surface area contributed by atoms with Gasteiger partial charge in [0.25, 0.3) is 0 Å². The maximum atomic E-state index is 5.32. The molecule has 0 aliphatic carbocycles. The Morgan fingerprint density at radius 1 is 0.700 bits per heavy atom. The van der Waals surface area contributed by atoms with E-state index in [1.54, 1.807) is 0 Å². The molecule has 0 N–H and O–H groups in total. The first-order valence-corrected chi connectivity index (χ1v) is 9.98. The van der Waals surface area contributed by atoms with E-state index in [1.807, 2.05) is 0 Å². The first kappa shape index (κ1) is 12.8. The van der Waals surface area contributed by atoms with Crippen LogP contribution in [0.1, 0.15) is 0 Å². The third kappa shape index (κ3) is 3.24. The fourth-order valence-corrected chi connectivity index (χ4v) is 0. The quantitative estimate of drug-likeness (QED) is 0.369. The summed E-state index contributed by atoms with van der Waals surface area (Å²) in [6, 6.07) is 0. The second-order valence-corrected chi connectivity index (χ2v) is 25.3. The van der Waals surface area contributed by atoms with Crippen LogP contribution in [-0.2, 0) is 0 Å². The molecule has 0 unspecified atom stereocenters. The first-order valence-electron chi connectivity index (χ1n) is 1.64. The molecule has 0 aliphatic heterocycles. The van der Waals surface area contributed by atoms with Crippen molar-refractivity contribution in [2.45, 2.75) is 3.53 Å². The Morgan fingerprint density at radius 2 is 0.800 bits per heavy atom. The van der Waals surface area contributed by atoms with Crippen molar-refractivity contribution in [1.29, 1.82) is 0 Å². The zero-order chi connectivity index (χ0) is 8.91. The summed E-state index contributed by atoms with van der Waals surface area (Å²) < 4.78 is -7.61. The van der Waals surface area contributed by atoms with Crippen molar-refractivity contribution in [3.8, 4) is 0 Å². The van der Waals surface area contributed by atoms with Crippen LogP contribution in [-0.4, -0.2) is 3.53 Å². The van der Waals surface area contributed by atoms with Gasteiger partial charge in [0, 0.05) is 0 Å². The number of hydrogen-bond acceptors (Lipinski definition) is 0. The summed E-state index contributed by atoms with van der Waals surface area (Å²) in [6.45, 7) is 0. The van der Waals surface area contributed by atoms with Crippen LogP contribution in [0.25, 0.3) is 0 Å². The Hall–Kier alpha value is 2.75. The topological polar surface area (TPSA) is 0 Å². The van der Waals surface area contributed by atoms with Gasteiger partial charge in [-0.3, -0.25) is 0 Å². The molecule has 0 amide bonds. The van der Waals surface area contributed by atoms with Crippen LogP contribution in [0.15, 0.2) is 0 Å². The summed E-state index contributed by atoms with van der Waals surface area (Å²) in [5.41, 5.74) is 0. The van der Waals surface area contributed by atoms with Gasteiger partial charge in [0.15, 0.2) is 0 Å². The molecule has 0 radical (unpaired) electrons. The molecule has 0 aromatic rings. The third-order valence-corrected chi connectivity index (χ3v) is 12.9. The molecule has 0 nitrogen and oxygen atoms in total. The second-order valence-electron chi connectivity index (χ2n) is 1.53. The Kier molecular flexibility index (Phi) is 3.07. The van der Waals surface area contributed by atoms with E-state index in [4.69, 9.17) is 91.0 Å². The molecular formula is CCl8P-. The molecule has 0 fully saturated rings.